The Morgan fingerprint density at radius 3 is 0.867 bits per heavy atom. The van der Waals surface area contributed by atoms with Gasteiger partial charge in [-0.1, -0.05) is 100 Å². The second-order valence-corrected chi connectivity index (χ2v) is 3.77. The van der Waals surface area contributed by atoms with Crippen LogP contribution in [0.2, 0.25) is 0 Å². The molecule has 0 atom stereocenters. The van der Waals surface area contributed by atoms with Gasteiger partial charge in [-0.15, -0.1) is 0 Å². The van der Waals surface area contributed by atoms with Gasteiger partial charge in [-0.25, -0.2) is 0 Å². The molecular weight excluding hydrogens is 180 g/mol. The zero-order valence-corrected chi connectivity index (χ0v) is 11.7. The summed E-state index contributed by atoms with van der Waals surface area (Å²) < 4.78 is 0. The SMILES string of the molecule is C.CCC.CCCC.CCCCCCC. The Morgan fingerprint density at radius 1 is 0.467 bits per heavy atom. The highest BCUT2D eigenvalue weighted by Crippen LogP contribution is 2.00. The molecule has 0 N–H and O–H groups in total. The zero-order valence-electron chi connectivity index (χ0n) is 11.7. The number of hydrogen-bond donors (Lipinski definition) is 0. The van der Waals surface area contributed by atoms with Crippen molar-refractivity contribution >= 4 is 0 Å². The third-order valence-corrected chi connectivity index (χ3v) is 1.71. The summed E-state index contributed by atoms with van der Waals surface area (Å²) in [5, 5.41) is 0. The lowest BCUT2D eigenvalue weighted by atomic mass is 10.2. The molecule has 0 heterocycles. The van der Waals surface area contributed by atoms with Crippen molar-refractivity contribution in [1.29, 1.82) is 0 Å². The van der Waals surface area contributed by atoms with Crippen LogP contribution in [0.5, 0.6) is 0 Å². The van der Waals surface area contributed by atoms with E-state index in [1.54, 1.807) is 0 Å². The molecule has 0 heteroatoms. The van der Waals surface area contributed by atoms with Gasteiger partial charge in [0.15, 0.2) is 0 Å². The van der Waals surface area contributed by atoms with E-state index in [0.717, 1.165) is 0 Å². The first-order valence-electron chi connectivity index (χ1n) is 6.74. The summed E-state index contributed by atoms with van der Waals surface area (Å²) in [4.78, 5) is 0. The molecule has 0 saturated heterocycles. The van der Waals surface area contributed by atoms with Crippen LogP contribution >= 0.6 is 0 Å². The fraction of sp³-hybridized carbons (Fsp3) is 1.00. The minimum Gasteiger partial charge on any atom is -0.0776 e. The van der Waals surface area contributed by atoms with Crippen molar-refractivity contribution in [1.82, 2.24) is 0 Å². The second-order valence-electron chi connectivity index (χ2n) is 3.77. The Balaban J connectivity index is -0.0000000654. The lowest BCUT2D eigenvalue weighted by Crippen LogP contribution is -1.70. The Bertz CT molecular complexity index is 42.0. The highest BCUT2D eigenvalue weighted by molar-refractivity contribution is 4.35. The maximum absolute atomic E-state index is 2.25. The van der Waals surface area contributed by atoms with Crippen molar-refractivity contribution in [2.75, 3.05) is 0 Å². The van der Waals surface area contributed by atoms with Crippen LogP contribution in [-0.4, -0.2) is 0 Å². The average molecular weight is 218 g/mol. The molecule has 0 rings (SSSR count). The molecule has 0 aliphatic carbocycles. The molecule has 0 radical (unpaired) electrons. The molecule has 0 amide bonds. The van der Waals surface area contributed by atoms with Crippen LogP contribution in [0.1, 0.15) is 100 Å². The minimum absolute atomic E-state index is 0. The second kappa shape index (κ2) is 37.0. The molecule has 15 heavy (non-hydrogen) atoms. The number of rotatable bonds is 5. The van der Waals surface area contributed by atoms with Gasteiger partial charge in [0.05, 0.1) is 0 Å². The smallest absolute Gasteiger partial charge is 0.0533 e. The fourth-order valence-electron chi connectivity index (χ4n) is 0.677. The summed E-state index contributed by atoms with van der Waals surface area (Å²) >= 11 is 0. The maximum Gasteiger partial charge on any atom is -0.0533 e. The molecule has 0 fully saturated rings. The Morgan fingerprint density at radius 2 is 0.733 bits per heavy atom. The monoisotopic (exact) mass is 218 g/mol. The van der Waals surface area contributed by atoms with Crippen LogP contribution in [-0.2, 0) is 0 Å². The van der Waals surface area contributed by atoms with Crippen molar-refractivity contribution < 1.29 is 0 Å². The molecule has 0 aliphatic heterocycles. The van der Waals surface area contributed by atoms with Gasteiger partial charge < -0.3 is 0 Å². The topological polar surface area (TPSA) is 0 Å². The Hall–Kier alpha value is 0. The summed E-state index contributed by atoms with van der Waals surface area (Å²) in [7, 11) is 0. The summed E-state index contributed by atoms with van der Waals surface area (Å²) in [5.41, 5.74) is 0. The van der Waals surface area contributed by atoms with Gasteiger partial charge in [0.2, 0.25) is 0 Å². The Kier molecular flexibility index (Phi) is 59.9. The summed E-state index contributed by atoms with van der Waals surface area (Å²) in [6, 6.07) is 0. The van der Waals surface area contributed by atoms with Gasteiger partial charge in [-0.05, 0) is 0 Å². The zero-order chi connectivity index (χ0) is 11.7. The quantitative estimate of drug-likeness (QED) is 0.443. The molecule has 0 saturated carbocycles. The van der Waals surface area contributed by atoms with Gasteiger partial charge >= 0.3 is 0 Å². The molecule has 0 aromatic rings. The summed E-state index contributed by atoms with van der Waals surface area (Å²) in [6.45, 7) is 13.1. The van der Waals surface area contributed by atoms with Crippen LogP contribution in [0.25, 0.3) is 0 Å². The van der Waals surface area contributed by atoms with Crippen molar-refractivity contribution in [2.45, 2.75) is 100 Å². The van der Waals surface area contributed by atoms with E-state index in [4.69, 9.17) is 0 Å². The van der Waals surface area contributed by atoms with E-state index in [1.165, 1.54) is 51.4 Å². The molecule has 0 aromatic heterocycles. The number of unbranched alkanes of at least 4 members (excludes halogenated alkanes) is 5. The lowest BCUT2D eigenvalue weighted by molar-refractivity contribution is 0.656. The van der Waals surface area contributed by atoms with E-state index in [9.17, 15) is 0 Å². The van der Waals surface area contributed by atoms with Gasteiger partial charge in [-0.2, -0.15) is 0 Å². The molecule has 0 aliphatic rings. The van der Waals surface area contributed by atoms with Gasteiger partial charge in [0.1, 0.15) is 0 Å². The largest absolute Gasteiger partial charge is 0.0776 e. The van der Waals surface area contributed by atoms with Gasteiger partial charge in [0.25, 0.3) is 0 Å². The molecule has 0 spiro atoms. The number of hydrogen-bond acceptors (Lipinski definition) is 0. The molecule has 0 unspecified atom stereocenters. The molecule has 0 nitrogen and oxygen atoms in total. The van der Waals surface area contributed by atoms with Gasteiger partial charge in [-0.3, -0.25) is 0 Å². The minimum atomic E-state index is 0. The predicted molar refractivity (Wildman–Crippen MR) is 77.7 cm³/mol. The van der Waals surface area contributed by atoms with E-state index in [2.05, 4.69) is 41.5 Å². The third-order valence-electron chi connectivity index (χ3n) is 1.71. The van der Waals surface area contributed by atoms with E-state index < -0.39 is 0 Å². The van der Waals surface area contributed by atoms with E-state index in [0.29, 0.717) is 0 Å². The van der Waals surface area contributed by atoms with Crippen LogP contribution < -0.4 is 0 Å². The van der Waals surface area contributed by atoms with Crippen LogP contribution in [0.15, 0.2) is 0 Å². The van der Waals surface area contributed by atoms with Crippen molar-refractivity contribution in [3.8, 4) is 0 Å². The van der Waals surface area contributed by atoms with Crippen molar-refractivity contribution in [3.05, 3.63) is 0 Å². The van der Waals surface area contributed by atoms with Crippen molar-refractivity contribution in [3.63, 3.8) is 0 Å². The van der Waals surface area contributed by atoms with E-state index >= 15 is 0 Å². The first-order chi connectivity index (χ1) is 6.74. The predicted octanol–water partition coefficient (Wildman–Crippen LogP) is 6.84. The van der Waals surface area contributed by atoms with E-state index in [-0.39, 0.29) is 7.43 Å². The summed E-state index contributed by atoms with van der Waals surface area (Å²) in [6.07, 6.45) is 10.9. The summed E-state index contributed by atoms with van der Waals surface area (Å²) in [5.74, 6) is 0. The average Bonchev–Trinajstić information content (AvgIpc) is 2.20. The highest BCUT2D eigenvalue weighted by atomic mass is 13.9. The van der Waals surface area contributed by atoms with Crippen LogP contribution in [0.3, 0.4) is 0 Å². The molecule has 0 bridgehead atoms. The third kappa shape index (κ3) is 80.6. The molecular formula is C15H38. The van der Waals surface area contributed by atoms with E-state index in [1.807, 2.05) is 0 Å². The standard InChI is InChI=1S/C7H16.C4H10.C3H8.CH4/c1-3-5-7-6-4-2;1-3-4-2;1-3-2;/h3-7H2,1-2H3;3-4H2,1-2H3;3H2,1-2H3;1H4. The normalized spacial score (nSPS) is 7.60. The molecule has 0 aromatic carbocycles. The van der Waals surface area contributed by atoms with Crippen LogP contribution in [0.4, 0.5) is 0 Å². The fourth-order valence-corrected chi connectivity index (χ4v) is 0.677. The highest BCUT2D eigenvalue weighted by Gasteiger charge is 1.80. The van der Waals surface area contributed by atoms with Crippen LogP contribution in [0, 0.1) is 0 Å². The first kappa shape index (κ1) is 24.3. The maximum atomic E-state index is 2.25. The molecule has 98 valence electrons. The van der Waals surface area contributed by atoms with Crippen molar-refractivity contribution in [2.24, 2.45) is 0 Å². The first-order valence-corrected chi connectivity index (χ1v) is 6.74. The van der Waals surface area contributed by atoms with Gasteiger partial charge in [0, 0.05) is 0 Å². The Labute approximate surface area is 101 Å². The lowest BCUT2D eigenvalue weighted by Gasteiger charge is -1.90.